The summed E-state index contributed by atoms with van der Waals surface area (Å²) in [6.45, 7) is 2.68. The van der Waals surface area contributed by atoms with Gasteiger partial charge in [0.05, 0.1) is 18.4 Å². The SMILES string of the molecule is COC(=O)c1ccc(S(=O)(=O)N2CCC=C(C)C2)c(N)c1. The highest BCUT2D eigenvalue weighted by molar-refractivity contribution is 7.89. The fourth-order valence-corrected chi connectivity index (χ4v) is 3.84. The molecular formula is C14H18N2O4S. The smallest absolute Gasteiger partial charge is 0.337 e. The van der Waals surface area contributed by atoms with Crippen LogP contribution in [-0.4, -0.2) is 38.9 Å². The van der Waals surface area contributed by atoms with E-state index >= 15 is 0 Å². The van der Waals surface area contributed by atoms with Gasteiger partial charge >= 0.3 is 5.97 Å². The molecule has 114 valence electrons. The lowest BCUT2D eigenvalue weighted by atomic mass is 10.2. The van der Waals surface area contributed by atoms with E-state index in [0.717, 1.165) is 5.57 Å². The third-order valence-corrected chi connectivity index (χ3v) is 5.26. The lowest BCUT2D eigenvalue weighted by Crippen LogP contribution is -2.35. The summed E-state index contributed by atoms with van der Waals surface area (Å²) >= 11 is 0. The van der Waals surface area contributed by atoms with E-state index in [1.54, 1.807) is 0 Å². The number of anilines is 1. The van der Waals surface area contributed by atoms with E-state index in [-0.39, 0.29) is 16.1 Å². The number of esters is 1. The minimum Gasteiger partial charge on any atom is -0.465 e. The maximum Gasteiger partial charge on any atom is 0.337 e. The predicted molar refractivity (Wildman–Crippen MR) is 79.3 cm³/mol. The largest absolute Gasteiger partial charge is 0.465 e. The molecule has 0 saturated heterocycles. The van der Waals surface area contributed by atoms with E-state index in [9.17, 15) is 13.2 Å². The molecule has 1 aromatic rings. The molecule has 0 aliphatic carbocycles. The molecule has 2 rings (SSSR count). The number of methoxy groups -OCH3 is 1. The fourth-order valence-electron chi connectivity index (χ4n) is 2.25. The van der Waals surface area contributed by atoms with Crippen molar-refractivity contribution in [2.24, 2.45) is 0 Å². The number of nitrogens with zero attached hydrogens (tertiary/aromatic N) is 1. The van der Waals surface area contributed by atoms with Crippen LogP contribution in [0.1, 0.15) is 23.7 Å². The lowest BCUT2D eigenvalue weighted by molar-refractivity contribution is 0.0600. The van der Waals surface area contributed by atoms with Crippen LogP contribution in [0.2, 0.25) is 0 Å². The molecule has 0 radical (unpaired) electrons. The van der Waals surface area contributed by atoms with Crippen LogP contribution in [0.25, 0.3) is 0 Å². The van der Waals surface area contributed by atoms with Gasteiger partial charge in [0.2, 0.25) is 10.0 Å². The molecular weight excluding hydrogens is 292 g/mol. The molecule has 7 heteroatoms. The molecule has 0 saturated carbocycles. The molecule has 1 aliphatic rings. The Morgan fingerprint density at radius 3 is 2.67 bits per heavy atom. The topological polar surface area (TPSA) is 89.7 Å². The number of nitrogen functional groups attached to an aromatic ring is 1. The van der Waals surface area contributed by atoms with Gasteiger partial charge in [-0.15, -0.1) is 0 Å². The molecule has 1 aliphatic heterocycles. The maximum atomic E-state index is 12.6. The number of carbonyl (C=O) groups excluding carboxylic acids is 1. The number of benzene rings is 1. The van der Waals surface area contributed by atoms with Crippen molar-refractivity contribution in [3.63, 3.8) is 0 Å². The molecule has 6 nitrogen and oxygen atoms in total. The number of ether oxygens (including phenoxy) is 1. The van der Waals surface area contributed by atoms with Crippen LogP contribution in [0.15, 0.2) is 34.7 Å². The van der Waals surface area contributed by atoms with E-state index in [2.05, 4.69) is 4.74 Å². The minimum atomic E-state index is -3.66. The summed E-state index contributed by atoms with van der Waals surface area (Å²) in [7, 11) is -2.40. The molecule has 1 heterocycles. The molecule has 21 heavy (non-hydrogen) atoms. The Kier molecular flexibility index (Phi) is 4.34. The first-order valence-corrected chi connectivity index (χ1v) is 7.94. The van der Waals surface area contributed by atoms with Gasteiger partial charge in [-0.25, -0.2) is 13.2 Å². The van der Waals surface area contributed by atoms with Crippen LogP contribution in [0.5, 0.6) is 0 Å². The van der Waals surface area contributed by atoms with Gasteiger partial charge in [0.1, 0.15) is 4.90 Å². The van der Waals surface area contributed by atoms with Crippen molar-refractivity contribution in [3.8, 4) is 0 Å². The number of carbonyl (C=O) groups is 1. The first kappa shape index (κ1) is 15.5. The normalized spacial score (nSPS) is 16.4. The van der Waals surface area contributed by atoms with E-state index in [1.165, 1.54) is 29.6 Å². The molecule has 1 aromatic carbocycles. The van der Waals surface area contributed by atoms with Crippen molar-refractivity contribution in [1.29, 1.82) is 0 Å². The standard InChI is InChI=1S/C14H18N2O4S/c1-10-4-3-7-16(9-10)21(18,19)13-6-5-11(8-12(13)15)14(17)20-2/h4-6,8H,3,7,9,15H2,1-2H3. The number of sulfonamides is 1. The van der Waals surface area contributed by atoms with Crippen molar-refractivity contribution in [1.82, 2.24) is 4.31 Å². The predicted octanol–water partition coefficient (Wildman–Crippen LogP) is 1.40. The molecule has 0 unspecified atom stereocenters. The van der Waals surface area contributed by atoms with Crippen LogP contribution in [-0.2, 0) is 14.8 Å². The first-order chi connectivity index (χ1) is 9.86. The highest BCUT2D eigenvalue weighted by Crippen LogP contribution is 2.26. The Hall–Kier alpha value is -1.86. The summed E-state index contributed by atoms with van der Waals surface area (Å²) in [4.78, 5) is 11.4. The Bertz CT molecular complexity index is 695. The number of hydrogen-bond donors (Lipinski definition) is 1. The zero-order valence-electron chi connectivity index (χ0n) is 12.0. The van der Waals surface area contributed by atoms with Crippen molar-refractivity contribution in [2.45, 2.75) is 18.2 Å². The van der Waals surface area contributed by atoms with Crippen molar-refractivity contribution in [3.05, 3.63) is 35.4 Å². The van der Waals surface area contributed by atoms with Gasteiger partial charge in [-0.2, -0.15) is 4.31 Å². The highest BCUT2D eigenvalue weighted by Gasteiger charge is 2.28. The summed E-state index contributed by atoms with van der Waals surface area (Å²) in [5.41, 5.74) is 7.09. The van der Waals surface area contributed by atoms with Gasteiger partial charge in [-0.1, -0.05) is 11.6 Å². The van der Waals surface area contributed by atoms with Crippen molar-refractivity contribution < 1.29 is 17.9 Å². The first-order valence-electron chi connectivity index (χ1n) is 6.50. The van der Waals surface area contributed by atoms with E-state index in [0.29, 0.717) is 19.5 Å². The third-order valence-electron chi connectivity index (χ3n) is 3.35. The quantitative estimate of drug-likeness (QED) is 0.518. The van der Waals surface area contributed by atoms with Crippen LogP contribution < -0.4 is 5.73 Å². The zero-order chi connectivity index (χ0) is 15.6. The maximum absolute atomic E-state index is 12.6. The summed E-state index contributed by atoms with van der Waals surface area (Å²) < 4.78 is 31.2. The molecule has 2 N–H and O–H groups in total. The number of nitrogens with two attached hydrogens (primary N) is 1. The van der Waals surface area contributed by atoms with E-state index in [4.69, 9.17) is 5.73 Å². The monoisotopic (exact) mass is 310 g/mol. The summed E-state index contributed by atoms with van der Waals surface area (Å²) in [5.74, 6) is -0.553. The molecule has 0 atom stereocenters. The van der Waals surface area contributed by atoms with Gasteiger partial charge in [-0.3, -0.25) is 0 Å². The highest BCUT2D eigenvalue weighted by atomic mass is 32.2. The van der Waals surface area contributed by atoms with Gasteiger partial charge in [0.15, 0.2) is 0 Å². The second-order valence-electron chi connectivity index (χ2n) is 4.92. The summed E-state index contributed by atoms with van der Waals surface area (Å²) in [6.07, 6.45) is 2.71. The fraction of sp³-hybridized carbons (Fsp3) is 0.357. The van der Waals surface area contributed by atoms with Crippen molar-refractivity contribution in [2.75, 3.05) is 25.9 Å². The Balaban J connectivity index is 2.37. The van der Waals surface area contributed by atoms with Gasteiger partial charge in [0.25, 0.3) is 0 Å². The van der Waals surface area contributed by atoms with Gasteiger partial charge < -0.3 is 10.5 Å². The lowest BCUT2D eigenvalue weighted by Gasteiger charge is -2.26. The van der Waals surface area contributed by atoms with Gasteiger partial charge in [-0.05, 0) is 31.5 Å². The molecule has 0 amide bonds. The molecule has 0 spiro atoms. The van der Waals surface area contributed by atoms with Crippen molar-refractivity contribution >= 4 is 21.7 Å². The number of rotatable bonds is 3. The minimum absolute atomic E-state index is 0.0184. The van der Waals surface area contributed by atoms with Crippen LogP contribution >= 0.6 is 0 Å². The molecule has 0 fully saturated rings. The van der Waals surface area contributed by atoms with E-state index < -0.39 is 16.0 Å². The van der Waals surface area contributed by atoms with Crippen LogP contribution in [0.4, 0.5) is 5.69 Å². The number of hydrogen-bond acceptors (Lipinski definition) is 5. The van der Waals surface area contributed by atoms with Gasteiger partial charge in [0, 0.05) is 13.1 Å². The molecule has 0 aromatic heterocycles. The average Bonchev–Trinajstić information content (AvgIpc) is 2.46. The second kappa shape index (κ2) is 5.87. The summed E-state index contributed by atoms with van der Waals surface area (Å²) in [6, 6.07) is 4.08. The third kappa shape index (κ3) is 3.08. The Labute approximate surface area is 124 Å². The Morgan fingerprint density at radius 2 is 2.10 bits per heavy atom. The molecule has 0 bridgehead atoms. The second-order valence-corrected chi connectivity index (χ2v) is 6.83. The summed E-state index contributed by atoms with van der Waals surface area (Å²) in [5, 5.41) is 0. The average molecular weight is 310 g/mol. The van der Waals surface area contributed by atoms with E-state index in [1.807, 2.05) is 13.0 Å². The van der Waals surface area contributed by atoms with Crippen LogP contribution in [0, 0.1) is 0 Å². The Morgan fingerprint density at radius 1 is 1.38 bits per heavy atom. The van der Waals surface area contributed by atoms with Crippen LogP contribution in [0.3, 0.4) is 0 Å². The zero-order valence-corrected chi connectivity index (χ0v) is 12.8.